The first-order chi connectivity index (χ1) is 10.9. The van der Waals surface area contributed by atoms with Crippen LogP contribution < -0.4 is 0 Å². The van der Waals surface area contributed by atoms with Gasteiger partial charge in [-0.2, -0.15) is 0 Å². The number of hydrogen-bond acceptors (Lipinski definition) is 5. The molecule has 0 aromatic heterocycles. The average molecular weight is 328 g/mol. The lowest BCUT2D eigenvalue weighted by Crippen LogP contribution is -2.25. The van der Waals surface area contributed by atoms with Gasteiger partial charge in [-0.1, -0.05) is 19.1 Å². The van der Waals surface area contributed by atoms with Gasteiger partial charge in [0.25, 0.3) is 0 Å². The van der Waals surface area contributed by atoms with Crippen molar-refractivity contribution in [2.24, 2.45) is 5.92 Å². The number of carbonyl (C=O) groups excluding carboxylic acids is 1. The maximum Gasteiger partial charge on any atom is 0.163 e. The fraction of sp³-hybridized carbons (Fsp3) is 0.833. The number of hydrogen-bond donors (Lipinski definition) is 0. The van der Waals surface area contributed by atoms with E-state index in [1.807, 2.05) is 19.9 Å². The van der Waals surface area contributed by atoms with Crippen LogP contribution in [0.5, 0.6) is 0 Å². The van der Waals surface area contributed by atoms with Crippen LogP contribution in [0, 0.1) is 5.92 Å². The molecule has 1 heterocycles. The quantitative estimate of drug-likeness (QED) is 0.330. The van der Waals surface area contributed by atoms with Crippen molar-refractivity contribution in [3.63, 3.8) is 0 Å². The summed E-state index contributed by atoms with van der Waals surface area (Å²) in [5.41, 5.74) is 0. The molecule has 1 fully saturated rings. The minimum Gasteiger partial charge on any atom is -0.359 e. The molecule has 0 unspecified atom stereocenters. The average Bonchev–Trinajstić information content (AvgIpc) is 2.85. The smallest absolute Gasteiger partial charge is 0.163 e. The predicted octanol–water partition coefficient (Wildman–Crippen LogP) is 3.47. The SMILES string of the molecule is COCO[C@@H](C/C=C\CCC[C@H](C)[C@@H]1COC(C)(C)O1)C(C)=O. The van der Waals surface area contributed by atoms with Crippen molar-refractivity contribution in [1.82, 2.24) is 0 Å². The van der Waals surface area contributed by atoms with E-state index in [-0.39, 0.29) is 18.7 Å². The zero-order chi connectivity index (χ0) is 17.3. The number of ketones is 1. The molecule has 5 heteroatoms. The molecular weight excluding hydrogens is 296 g/mol. The van der Waals surface area contributed by atoms with Crippen LogP contribution >= 0.6 is 0 Å². The maximum atomic E-state index is 11.4. The second kappa shape index (κ2) is 10.2. The first-order valence-corrected chi connectivity index (χ1v) is 8.43. The Hall–Kier alpha value is -0.750. The van der Waals surface area contributed by atoms with Gasteiger partial charge in [-0.05, 0) is 52.4 Å². The van der Waals surface area contributed by atoms with Gasteiger partial charge in [0.15, 0.2) is 11.6 Å². The van der Waals surface area contributed by atoms with Gasteiger partial charge < -0.3 is 18.9 Å². The number of rotatable bonds is 11. The van der Waals surface area contributed by atoms with Crippen LogP contribution in [0.25, 0.3) is 0 Å². The highest BCUT2D eigenvalue weighted by Crippen LogP contribution is 2.28. The van der Waals surface area contributed by atoms with Gasteiger partial charge in [-0.15, -0.1) is 0 Å². The van der Waals surface area contributed by atoms with Crippen molar-refractivity contribution in [1.29, 1.82) is 0 Å². The topological polar surface area (TPSA) is 54.0 Å². The monoisotopic (exact) mass is 328 g/mol. The Labute approximate surface area is 140 Å². The van der Waals surface area contributed by atoms with Gasteiger partial charge in [0.1, 0.15) is 12.9 Å². The molecule has 134 valence electrons. The summed E-state index contributed by atoms with van der Waals surface area (Å²) in [7, 11) is 1.55. The highest BCUT2D eigenvalue weighted by atomic mass is 16.7. The van der Waals surface area contributed by atoms with Crippen molar-refractivity contribution in [2.75, 3.05) is 20.5 Å². The lowest BCUT2D eigenvalue weighted by atomic mass is 9.98. The molecule has 0 radical (unpaired) electrons. The third-order valence-corrected chi connectivity index (χ3v) is 4.05. The fourth-order valence-corrected chi connectivity index (χ4v) is 2.58. The molecule has 0 spiro atoms. The second-order valence-corrected chi connectivity index (χ2v) is 6.65. The third kappa shape index (κ3) is 8.06. The van der Waals surface area contributed by atoms with Crippen LogP contribution in [0.4, 0.5) is 0 Å². The number of unbranched alkanes of at least 4 members (excludes halogenated alkanes) is 1. The summed E-state index contributed by atoms with van der Waals surface area (Å²) in [6.45, 7) is 8.50. The molecular formula is C18H32O5. The van der Waals surface area contributed by atoms with Crippen molar-refractivity contribution in [3.8, 4) is 0 Å². The zero-order valence-corrected chi connectivity index (χ0v) is 15.2. The van der Waals surface area contributed by atoms with E-state index in [4.69, 9.17) is 18.9 Å². The molecule has 0 aliphatic carbocycles. The van der Waals surface area contributed by atoms with E-state index in [1.165, 1.54) is 0 Å². The first-order valence-electron chi connectivity index (χ1n) is 8.43. The first kappa shape index (κ1) is 20.3. The minimum atomic E-state index is -0.442. The molecule has 0 amide bonds. The van der Waals surface area contributed by atoms with Crippen molar-refractivity contribution < 1.29 is 23.7 Å². The lowest BCUT2D eigenvalue weighted by molar-refractivity contribution is -0.144. The molecule has 23 heavy (non-hydrogen) atoms. The van der Waals surface area contributed by atoms with Crippen molar-refractivity contribution in [2.45, 2.75) is 71.4 Å². The highest BCUT2D eigenvalue weighted by Gasteiger charge is 2.35. The van der Waals surface area contributed by atoms with E-state index < -0.39 is 11.9 Å². The summed E-state index contributed by atoms with van der Waals surface area (Å²) in [5.74, 6) is 0.0735. The molecule has 0 N–H and O–H groups in total. The Morgan fingerprint density at radius 1 is 1.39 bits per heavy atom. The van der Waals surface area contributed by atoms with Crippen LogP contribution in [0.15, 0.2) is 12.2 Å². The molecule has 1 aliphatic heterocycles. The van der Waals surface area contributed by atoms with Crippen LogP contribution in [0.3, 0.4) is 0 Å². The summed E-state index contributed by atoms with van der Waals surface area (Å²) >= 11 is 0. The molecule has 0 saturated carbocycles. The summed E-state index contributed by atoms with van der Waals surface area (Å²) < 4.78 is 21.7. The van der Waals surface area contributed by atoms with E-state index >= 15 is 0 Å². The van der Waals surface area contributed by atoms with Crippen LogP contribution in [-0.2, 0) is 23.7 Å². The summed E-state index contributed by atoms with van der Waals surface area (Å²) in [5, 5.41) is 0. The fourth-order valence-electron chi connectivity index (χ4n) is 2.58. The van der Waals surface area contributed by atoms with E-state index in [2.05, 4.69) is 13.0 Å². The summed E-state index contributed by atoms with van der Waals surface area (Å²) in [6.07, 6.45) is 7.72. The van der Waals surface area contributed by atoms with Gasteiger partial charge >= 0.3 is 0 Å². The standard InChI is InChI=1S/C18H32O5/c1-14(17-12-22-18(3,4)23-17)10-8-6-7-9-11-16(15(2)19)21-13-20-5/h7,9,14,16-17H,6,8,10-13H2,1-5H3/b9-7-/t14-,16-,17-/m0/s1. The van der Waals surface area contributed by atoms with Gasteiger partial charge in [0.05, 0.1) is 12.7 Å². The second-order valence-electron chi connectivity index (χ2n) is 6.65. The maximum absolute atomic E-state index is 11.4. The number of allylic oxidation sites excluding steroid dienone is 1. The molecule has 0 aromatic carbocycles. The van der Waals surface area contributed by atoms with Crippen LogP contribution in [0.2, 0.25) is 0 Å². The van der Waals surface area contributed by atoms with Crippen molar-refractivity contribution >= 4 is 5.78 Å². The molecule has 0 bridgehead atoms. The van der Waals surface area contributed by atoms with E-state index in [9.17, 15) is 4.79 Å². The lowest BCUT2D eigenvalue weighted by Gasteiger charge is -2.21. The van der Waals surface area contributed by atoms with Gasteiger partial charge in [-0.3, -0.25) is 4.79 Å². The van der Waals surface area contributed by atoms with Crippen molar-refractivity contribution in [3.05, 3.63) is 12.2 Å². The molecule has 1 saturated heterocycles. The number of methoxy groups -OCH3 is 1. The van der Waals surface area contributed by atoms with E-state index in [1.54, 1.807) is 14.0 Å². The van der Waals surface area contributed by atoms with Crippen LogP contribution in [-0.4, -0.2) is 44.3 Å². The largest absolute Gasteiger partial charge is 0.359 e. The predicted molar refractivity (Wildman–Crippen MR) is 89.1 cm³/mol. The number of ether oxygens (including phenoxy) is 4. The number of carbonyl (C=O) groups is 1. The summed E-state index contributed by atoms with van der Waals surface area (Å²) in [6, 6.07) is 0. The Morgan fingerprint density at radius 3 is 2.70 bits per heavy atom. The molecule has 1 rings (SSSR count). The third-order valence-electron chi connectivity index (χ3n) is 4.05. The number of Topliss-reactive ketones (excluding diaryl/α,β-unsaturated/α-hetero) is 1. The minimum absolute atomic E-state index is 0.0290. The van der Waals surface area contributed by atoms with E-state index in [0.29, 0.717) is 18.9 Å². The van der Waals surface area contributed by atoms with Gasteiger partial charge in [-0.25, -0.2) is 0 Å². The summed E-state index contributed by atoms with van der Waals surface area (Å²) in [4.78, 5) is 11.4. The Morgan fingerprint density at radius 2 is 2.13 bits per heavy atom. The van der Waals surface area contributed by atoms with E-state index in [0.717, 1.165) is 19.3 Å². The molecule has 5 nitrogen and oxygen atoms in total. The molecule has 1 aliphatic rings. The molecule has 0 aromatic rings. The van der Waals surface area contributed by atoms with Gasteiger partial charge in [0.2, 0.25) is 0 Å². The normalized spacial score (nSPS) is 23.3. The molecule has 3 atom stereocenters. The Kier molecular flexibility index (Phi) is 8.99. The highest BCUT2D eigenvalue weighted by molar-refractivity contribution is 5.80. The van der Waals surface area contributed by atoms with Crippen LogP contribution in [0.1, 0.15) is 53.4 Å². The Bertz CT molecular complexity index is 378. The Balaban J connectivity index is 2.17. The van der Waals surface area contributed by atoms with Gasteiger partial charge in [0, 0.05) is 7.11 Å². The zero-order valence-electron chi connectivity index (χ0n) is 15.2.